The number of sulfonamides is 1. The molecule has 1 aromatic rings. The van der Waals surface area contributed by atoms with E-state index in [0.717, 1.165) is 25.3 Å². The Morgan fingerprint density at radius 2 is 2.00 bits per heavy atom. The smallest absolute Gasteiger partial charge is 0.413 e. The molecule has 1 rings (SSSR count). The van der Waals surface area contributed by atoms with Gasteiger partial charge in [-0.25, -0.2) is 8.42 Å². The lowest BCUT2D eigenvalue weighted by Gasteiger charge is -2.11. The molecule has 0 fully saturated rings. The van der Waals surface area contributed by atoms with Crippen molar-refractivity contribution in [2.45, 2.75) is 11.1 Å². The summed E-state index contributed by atoms with van der Waals surface area (Å²) in [6.07, 6.45) is -4.72. The molecule has 0 unspecified atom stereocenters. The van der Waals surface area contributed by atoms with E-state index in [2.05, 4.69) is 9.57 Å². The summed E-state index contributed by atoms with van der Waals surface area (Å²) >= 11 is 0. The Morgan fingerprint density at radius 3 is 2.48 bits per heavy atom. The molecule has 1 N–H and O–H groups in total. The molecule has 118 valence electrons. The standard InChI is InChI=1S/C9H9F3N2O6S/c1-19-7-4-6(14(15)16)2-3-8(7)21(17,18)13-20-5-9(10,11)12/h2-4,13H,5H2,1H3. The fourth-order valence-electron chi connectivity index (χ4n) is 1.23. The lowest BCUT2D eigenvalue weighted by Crippen LogP contribution is -2.29. The van der Waals surface area contributed by atoms with Crippen LogP contribution in [0.4, 0.5) is 18.9 Å². The van der Waals surface area contributed by atoms with E-state index in [1.807, 2.05) is 0 Å². The van der Waals surface area contributed by atoms with Crippen LogP contribution in [-0.2, 0) is 14.9 Å². The van der Waals surface area contributed by atoms with Crippen LogP contribution in [0.3, 0.4) is 0 Å². The van der Waals surface area contributed by atoms with Crippen molar-refractivity contribution in [1.82, 2.24) is 4.89 Å². The molecule has 0 aromatic heterocycles. The maximum absolute atomic E-state index is 11.9. The normalized spacial score (nSPS) is 12.2. The summed E-state index contributed by atoms with van der Waals surface area (Å²) in [5.74, 6) is -0.410. The molecule has 0 saturated carbocycles. The van der Waals surface area contributed by atoms with Crippen molar-refractivity contribution in [2.24, 2.45) is 0 Å². The number of nitrogens with one attached hydrogen (secondary N) is 1. The van der Waals surface area contributed by atoms with Crippen LogP contribution in [-0.4, -0.2) is 33.2 Å². The molecule has 0 heterocycles. The number of hydrogen-bond donors (Lipinski definition) is 1. The number of alkyl halides is 3. The molecule has 0 aliphatic rings. The van der Waals surface area contributed by atoms with Crippen LogP contribution in [0.2, 0.25) is 0 Å². The van der Waals surface area contributed by atoms with E-state index < -0.39 is 44.1 Å². The first-order valence-electron chi connectivity index (χ1n) is 5.09. The minimum atomic E-state index is -4.72. The zero-order valence-electron chi connectivity index (χ0n) is 10.4. The topological polar surface area (TPSA) is 108 Å². The molecular formula is C9H9F3N2O6S. The van der Waals surface area contributed by atoms with Gasteiger partial charge in [0.25, 0.3) is 15.7 Å². The summed E-state index contributed by atoms with van der Waals surface area (Å²) in [6, 6.07) is 2.50. The molecule has 0 saturated heterocycles. The zero-order valence-corrected chi connectivity index (χ0v) is 11.2. The Bertz CT molecular complexity index is 631. The number of ether oxygens (including phenoxy) is 1. The summed E-state index contributed by atoms with van der Waals surface area (Å²) in [7, 11) is -3.44. The Labute approximate surface area is 116 Å². The van der Waals surface area contributed by atoms with Crippen molar-refractivity contribution in [1.29, 1.82) is 0 Å². The first-order chi connectivity index (χ1) is 9.57. The second-order valence-corrected chi connectivity index (χ2v) is 5.20. The fraction of sp³-hybridized carbons (Fsp3) is 0.333. The van der Waals surface area contributed by atoms with E-state index in [0.29, 0.717) is 0 Å². The average molecular weight is 330 g/mol. The van der Waals surface area contributed by atoms with Gasteiger partial charge in [0.2, 0.25) is 0 Å². The molecule has 8 nitrogen and oxygen atoms in total. The quantitative estimate of drug-likeness (QED) is 0.623. The van der Waals surface area contributed by atoms with Crippen molar-refractivity contribution >= 4 is 15.7 Å². The zero-order chi connectivity index (χ0) is 16.3. The molecule has 12 heteroatoms. The number of nitro benzene ring substituents is 1. The van der Waals surface area contributed by atoms with Crippen LogP contribution in [0.1, 0.15) is 0 Å². The molecule has 0 aliphatic carbocycles. The number of non-ortho nitro benzene ring substituents is 1. The Morgan fingerprint density at radius 1 is 1.38 bits per heavy atom. The Balaban J connectivity index is 3.00. The highest BCUT2D eigenvalue weighted by Crippen LogP contribution is 2.28. The lowest BCUT2D eigenvalue weighted by atomic mass is 10.3. The highest BCUT2D eigenvalue weighted by atomic mass is 32.2. The van der Waals surface area contributed by atoms with E-state index in [-0.39, 0.29) is 0 Å². The van der Waals surface area contributed by atoms with Crippen LogP contribution in [0.25, 0.3) is 0 Å². The van der Waals surface area contributed by atoms with Gasteiger partial charge in [0.05, 0.1) is 18.1 Å². The van der Waals surface area contributed by atoms with Crippen LogP contribution in [0.15, 0.2) is 23.1 Å². The van der Waals surface area contributed by atoms with Crippen molar-refractivity contribution in [3.8, 4) is 5.75 Å². The van der Waals surface area contributed by atoms with E-state index in [1.165, 1.54) is 4.89 Å². The van der Waals surface area contributed by atoms with Gasteiger partial charge in [-0.15, -0.1) is 0 Å². The number of hydrogen-bond acceptors (Lipinski definition) is 6. The monoisotopic (exact) mass is 330 g/mol. The summed E-state index contributed by atoms with van der Waals surface area (Å²) in [5.41, 5.74) is -0.443. The minimum absolute atomic E-state index is 0.410. The predicted molar refractivity (Wildman–Crippen MR) is 62.0 cm³/mol. The van der Waals surface area contributed by atoms with E-state index in [4.69, 9.17) is 0 Å². The molecule has 0 amide bonds. The lowest BCUT2D eigenvalue weighted by molar-refractivity contribution is -0.385. The Kier molecular flexibility index (Phi) is 5.09. The molecule has 21 heavy (non-hydrogen) atoms. The van der Waals surface area contributed by atoms with Gasteiger partial charge >= 0.3 is 6.18 Å². The maximum atomic E-state index is 11.9. The first-order valence-corrected chi connectivity index (χ1v) is 6.58. The largest absolute Gasteiger partial charge is 0.495 e. The third-order valence-corrected chi connectivity index (χ3v) is 3.31. The number of rotatable bonds is 6. The second-order valence-electron chi connectivity index (χ2n) is 3.58. The third-order valence-electron chi connectivity index (χ3n) is 2.05. The summed E-state index contributed by atoms with van der Waals surface area (Å²) in [4.78, 5) is 14.3. The van der Waals surface area contributed by atoms with Gasteiger partial charge in [0.15, 0.2) is 6.61 Å². The van der Waals surface area contributed by atoms with E-state index in [1.54, 1.807) is 0 Å². The highest BCUT2D eigenvalue weighted by Gasteiger charge is 2.30. The van der Waals surface area contributed by atoms with Crippen LogP contribution in [0, 0.1) is 10.1 Å². The van der Waals surface area contributed by atoms with Gasteiger partial charge in [-0.2, -0.15) is 13.2 Å². The molecule has 1 aromatic carbocycles. The van der Waals surface area contributed by atoms with Gasteiger partial charge in [-0.1, -0.05) is 4.89 Å². The second kappa shape index (κ2) is 6.24. The summed E-state index contributed by atoms with van der Waals surface area (Å²) in [5, 5.41) is 10.5. The average Bonchev–Trinajstić information content (AvgIpc) is 2.35. The maximum Gasteiger partial charge on any atom is 0.413 e. The molecule has 0 spiro atoms. The summed E-state index contributed by atoms with van der Waals surface area (Å²) in [6.45, 7) is -1.83. The number of nitro groups is 1. The van der Waals surface area contributed by atoms with Gasteiger partial charge < -0.3 is 4.74 Å². The number of methoxy groups -OCH3 is 1. The minimum Gasteiger partial charge on any atom is -0.495 e. The number of benzene rings is 1. The van der Waals surface area contributed by atoms with Crippen LogP contribution < -0.4 is 9.62 Å². The van der Waals surface area contributed by atoms with Crippen molar-refractivity contribution in [3.05, 3.63) is 28.3 Å². The molecule has 0 atom stereocenters. The Hall–Kier alpha value is -1.92. The number of nitrogens with zero attached hydrogens (tertiary/aromatic N) is 1. The molecular weight excluding hydrogens is 321 g/mol. The predicted octanol–water partition coefficient (Wildman–Crippen LogP) is 1.38. The van der Waals surface area contributed by atoms with Gasteiger partial charge in [0, 0.05) is 6.07 Å². The van der Waals surface area contributed by atoms with Gasteiger partial charge in [-0.05, 0) is 6.07 Å². The third kappa shape index (κ3) is 4.84. The molecule has 0 bridgehead atoms. The highest BCUT2D eigenvalue weighted by molar-refractivity contribution is 7.89. The van der Waals surface area contributed by atoms with E-state index >= 15 is 0 Å². The van der Waals surface area contributed by atoms with Crippen molar-refractivity contribution in [2.75, 3.05) is 13.7 Å². The summed E-state index contributed by atoms with van der Waals surface area (Å²) < 4.78 is 63.7. The SMILES string of the molecule is COc1cc([N+](=O)[O-])ccc1S(=O)(=O)NOCC(F)(F)F. The molecule has 0 radical (unpaired) electrons. The number of halogens is 3. The van der Waals surface area contributed by atoms with Crippen LogP contribution in [0.5, 0.6) is 5.75 Å². The van der Waals surface area contributed by atoms with E-state index in [9.17, 15) is 31.7 Å². The fourth-order valence-corrected chi connectivity index (χ4v) is 2.18. The van der Waals surface area contributed by atoms with Crippen molar-refractivity contribution < 1.29 is 36.1 Å². The van der Waals surface area contributed by atoms with Gasteiger partial charge in [-0.3, -0.25) is 15.0 Å². The van der Waals surface area contributed by atoms with Crippen LogP contribution >= 0.6 is 0 Å². The van der Waals surface area contributed by atoms with Gasteiger partial charge in [0.1, 0.15) is 10.6 Å². The van der Waals surface area contributed by atoms with Crippen molar-refractivity contribution in [3.63, 3.8) is 0 Å². The molecule has 0 aliphatic heterocycles. The first kappa shape index (κ1) is 17.1.